The number of aliphatic carboxylic acids is 1. The Morgan fingerprint density at radius 1 is 1.00 bits per heavy atom. The molecular weight excluding hydrogens is 324 g/mol. The van der Waals surface area contributed by atoms with E-state index < -0.39 is 5.97 Å². The zero-order valence-electron chi connectivity index (χ0n) is 16.3. The molecule has 0 radical (unpaired) electrons. The summed E-state index contributed by atoms with van der Waals surface area (Å²) in [6, 6.07) is 10.5. The quantitative estimate of drug-likeness (QED) is 0.297. The molecule has 0 saturated heterocycles. The van der Waals surface area contributed by atoms with Crippen molar-refractivity contribution in [2.45, 2.75) is 65.2 Å². The third kappa shape index (κ3) is 14.2. The molecule has 0 amide bonds. The Morgan fingerprint density at radius 2 is 1.54 bits per heavy atom. The molecule has 2 N–H and O–H groups in total. The van der Waals surface area contributed by atoms with Crippen molar-refractivity contribution in [3.63, 3.8) is 0 Å². The molecule has 144 valence electrons. The molecule has 0 saturated carbocycles. The van der Waals surface area contributed by atoms with Crippen molar-refractivity contribution in [3.8, 4) is 6.07 Å². The van der Waals surface area contributed by atoms with E-state index in [1.807, 2.05) is 6.07 Å². The first-order chi connectivity index (χ1) is 12.7. The Kier molecular flexibility index (Phi) is 16.3. The molecule has 4 heteroatoms. The molecule has 0 aliphatic heterocycles. The number of benzene rings is 1. The van der Waals surface area contributed by atoms with Gasteiger partial charge in [0.1, 0.15) is 11.6 Å². The van der Waals surface area contributed by atoms with Crippen LogP contribution in [0.25, 0.3) is 6.08 Å². The van der Waals surface area contributed by atoms with E-state index in [9.17, 15) is 4.79 Å². The Bertz CT molecular complexity index is 523. The van der Waals surface area contributed by atoms with Gasteiger partial charge in [-0.3, -0.25) is 0 Å². The molecule has 0 aromatic heterocycles. The number of hydrogen-bond donors (Lipinski definition) is 2. The lowest BCUT2D eigenvalue weighted by Gasteiger charge is -2.03. The molecule has 0 unspecified atom stereocenters. The fourth-order valence-electron chi connectivity index (χ4n) is 2.34. The predicted octanol–water partition coefficient (Wildman–Crippen LogP) is 5.41. The minimum Gasteiger partial charge on any atom is -0.477 e. The van der Waals surface area contributed by atoms with Crippen LogP contribution < -0.4 is 5.32 Å². The van der Waals surface area contributed by atoms with Crippen LogP contribution in [0.5, 0.6) is 0 Å². The van der Waals surface area contributed by atoms with Gasteiger partial charge in [0.15, 0.2) is 0 Å². The van der Waals surface area contributed by atoms with Gasteiger partial charge in [-0.05, 0) is 37.6 Å². The standard InChI is InChI=1S/C12H27N.C10H7NO2/c1-3-5-7-9-11-13-12-10-8-6-4-2;11-7-9(10(12)13)6-8-4-2-1-3-5-8/h13H,3-12H2,1-2H3;1-6H,(H,12,13). The molecular formula is C22H34N2O2. The molecule has 0 atom stereocenters. The summed E-state index contributed by atoms with van der Waals surface area (Å²) in [5.74, 6) is -1.20. The second kappa shape index (κ2) is 17.7. The van der Waals surface area contributed by atoms with Gasteiger partial charge < -0.3 is 10.4 Å². The van der Waals surface area contributed by atoms with E-state index in [0.717, 1.165) is 0 Å². The van der Waals surface area contributed by atoms with Crippen molar-refractivity contribution in [3.05, 3.63) is 41.5 Å². The summed E-state index contributed by atoms with van der Waals surface area (Å²) in [5, 5.41) is 20.5. The van der Waals surface area contributed by atoms with Gasteiger partial charge in [0.25, 0.3) is 0 Å². The normalized spacial score (nSPS) is 10.6. The average Bonchev–Trinajstić information content (AvgIpc) is 2.66. The molecule has 1 aromatic carbocycles. The fraction of sp³-hybridized carbons (Fsp3) is 0.545. The van der Waals surface area contributed by atoms with Crippen molar-refractivity contribution in [2.24, 2.45) is 0 Å². The largest absolute Gasteiger partial charge is 0.477 e. The topological polar surface area (TPSA) is 73.1 Å². The van der Waals surface area contributed by atoms with Crippen LogP contribution in [-0.4, -0.2) is 24.2 Å². The molecule has 0 heterocycles. The van der Waals surface area contributed by atoms with E-state index >= 15 is 0 Å². The SMILES string of the molecule is CCCCCCNCCCCCC.N#CC(=Cc1ccccc1)C(=O)O. The minimum atomic E-state index is -1.20. The summed E-state index contributed by atoms with van der Waals surface area (Å²) in [7, 11) is 0. The molecule has 0 spiro atoms. The van der Waals surface area contributed by atoms with Crippen molar-refractivity contribution in [1.82, 2.24) is 5.32 Å². The molecule has 4 nitrogen and oxygen atoms in total. The number of nitriles is 1. The molecule has 26 heavy (non-hydrogen) atoms. The van der Waals surface area contributed by atoms with Crippen LogP contribution >= 0.6 is 0 Å². The van der Waals surface area contributed by atoms with Crippen LogP contribution in [0.4, 0.5) is 0 Å². The summed E-state index contributed by atoms with van der Waals surface area (Å²) in [6.07, 6.45) is 12.4. The second-order valence-corrected chi connectivity index (χ2v) is 6.26. The van der Waals surface area contributed by atoms with Gasteiger partial charge in [-0.25, -0.2) is 4.79 Å². The minimum absolute atomic E-state index is 0.258. The van der Waals surface area contributed by atoms with Gasteiger partial charge in [0.2, 0.25) is 0 Å². The smallest absolute Gasteiger partial charge is 0.346 e. The van der Waals surface area contributed by atoms with E-state index in [-0.39, 0.29) is 5.57 Å². The third-order valence-corrected chi connectivity index (χ3v) is 3.88. The maximum Gasteiger partial charge on any atom is 0.346 e. The molecule has 1 aromatic rings. The molecule has 0 bridgehead atoms. The lowest BCUT2D eigenvalue weighted by atomic mass is 10.1. The van der Waals surface area contributed by atoms with Gasteiger partial charge in [0, 0.05) is 0 Å². The van der Waals surface area contributed by atoms with E-state index in [0.29, 0.717) is 5.56 Å². The lowest BCUT2D eigenvalue weighted by molar-refractivity contribution is -0.132. The predicted molar refractivity (Wildman–Crippen MR) is 109 cm³/mol. The van der Waals surface area contributed by atoms with Crippen LogP contribution in [0, 0.1) is 11.3 Å². The summed E-state index contributed by atoms with van der Waals surface area (Å²) in [6.45, 7) is 6.98. The van der Waals surface area contributed by atoms with Crippen LogP contribution in [0.3, 0.4) is 0 Å². The Hall–Kier alpha value is -2.12. The van der Waals surface area contributed by atoms with E-state index in [2.05, 4.69) is 19.2 Å². The van der Waals surface area contributed by atoms with Crippen LogP contribution in [0.2, 0.25) is 0 Å². The highest BCUT2D eigenvalue weighted by molar-refractivity contribution is 5.96. The van der Waals surface area contributed by atoms with Crippen molar-refractivity contribution >= 4 is 12.0 Å². The monoisotopic (exact) mass is 358 g/mol. The Balaban J connectivity index is 0.000000481. The second-order valence-electron chi connectivity index (χ2n) is 6.26. The van der Waals surface area contributed by atoms with Crippen molar-refractivity contribution in [1.29, 1.82) is 5.26 Å². The van der Waals surface area contributed by atoms with Crippen LogP contribution in [0.15, 0.2) is 35.9 Å². The van der Waals surface area contributed by atoms with Crippen molar-refractivity contribution in [2.75, 3.05) is 13.1 Å². The van der Waals surface area contributed by atoms with E-state index in [1.54, 1.807) is 30.3 Å². The van der Waals surface area contributed by atoms with E-state index in [4.69, 9.17) is 10.4 Å². The number of nitrogens with one attached hydrogen (secondary N) is 1. The highest BCUT2D eigenvalue weighted by atomic mass is 16.4. The molecule has 0 aliphatic carbocycles. The van der Waals surface area contributed by atoms with Crippen LogP contribution in [-0.2, 0) is 4.79 Å². The Morgan fingerprint density at radius 3 is 1.96 bits per heavy atom. The number of unbranched alkanes of at least 4 members (excludes halogenated alkanes) is 6. The highest BCUT2D eigenvalue weighted by Crippen LogP contribution is 2.05. The molecule has 1 rings (SSSR count). The molecule has 0 fully saturated rings. The van der Waals surface area contributed by atoms with Gasteiger partial charge in [0.05, 0.1) is 0 Å². The van der Waals surface area contributed by atoms with Gasteiger partial charge in [-0.2, -0.15) is 5.26 Å². The number of hydrogen-bond acceptors (Lipinski definition) is 3. The van der Waals surface area contributed by atoms with Crippen LogP contribution in [0.1, 0.15) is 70.8 Å². The summed E-state index contributed by atoms with van der Waals surface area (Å²) < 4.78 is 0. The van der Waals surface area contributed by atoms with Gasteiger partial charge >= 0.3 is 5.97 Å². The van der Waals surface area contributed by atoms with E-state index in [1.165, 1.54) is 70.5 Å². The van der Waals surface area contributed by atoms with Crippen molar-refractivity contribution < 1.29 is 9.90 Å². The lowest BCUT2D eigenvalue weighted by Crippen LogP contribution is -2.16. The zero-order valence-corrected chi connectivity index (χ0v) is 16.3. The number of carboxylic acid groups (broad SMARTS) is 1. The highest BCUT2D eigenvalue weighted by Gasteiger charge is 2.04. The first kappa shape index (κ1) is 23.9. The number of nitrogens with zero attached hydrogens (tertiary/aromatic N) is 1. The number of carbonyl (C=O) groups is 1. The maximum absolute atomic E-state index is 10.4. The fourth-order valence-corrected chi connectivity index (χ4v) is 2.34. The maximum atomic E-state index is 10.4. The van der Waals surface area contributed by atoms with Gasteiger partial charge in [-0.15, -0.1) is 0 Å². The summed E-state index contributed by atoms with van der Waals surface area (Å²) in [4.78, 5) is 10.4. The number of rotatable bonds is 12. The first-order valence-corrected chi connectivity index (χ1v) is 9.76. The zero-order chi connectivity index (χ0) is 19.5. The summed E-state index contributed by atoms with van der Waals surface area (Å²) >= 11 is 0. The Labute approximate surface area is 158 Å². The average molecular weight is 359 g/mol. The third-order valence-electron chi connectivity index (χ3n) is 3.88. The first-order valence-electron chi connectivity index (χ1n) is 9.76. The van der Waals surface area contributed by atoms with Gasteiger partial charge in [-0.1, -0.05) is 82.7 Å². The number of carboxylic acids is 1. The molecule has 0 aliphatic rings. The summed E-state index contributed by atoms with van der Waals surface area (Å²) in [5.41, 5.74) is 0.452.